The van der Waals surface area contributed by atoms with Gasteiger partial charge in [-0.3, -0.25) is 9.78 Å². The number of aromatic nitrogens is 2. The van der Waals surface area contributed by atoms with E-state index < -0.39 is 0 Å². The molecule has 1 aliphatic rings. The number of carbonyl (C=O) groups excluding carboxylic acids is 1. The summed E-state index contributed by atoms with van der Waals surface area (Å²) < 4.78 is 5.23. The van der Waals surface area contributed by atoms with Crippen LogP contribution in [-0.2, 0) is 0 Å². The van der Waals surface area contributed by atoms with Gasteiger partial charge >= 0.3 is 0 Å². The van der Waals surface area contributed by atoms with Gasteiger partial charge in [0, 0.05) is 25.3 Å². The van der Waals surface area contributed by atoms with Crippen LogP contribution in [0.1, 0.15) is 48.7 Å². The average molecular weight is 342 g/mol. The molecule has 134 valence electrons. The van der Waals surface area contributed by atoms with E-state index in [0.717, 1.165) is 13.0 Å². The number of likely N-dealkylation sites (tertiary alicyclic amines) is 1. The molecule has 0 spiro atoms. The van der Waals surface area contributed by atoms with Crippen LogP contribution in [0, 0.1) is 6.92 Å². The number of hydrogen-bond donors (Lipinski definition) is 1. The molecule has 1 unspecified atom stereocenters. The van der Waals surface area contributed by atoms with E-state index in [1.807, 2.05) is 18.2 Å². The minimum Gasteiger partial charge on any atom is -0.360 e. The molecule has 2 aromatic heterocycles. The Labute approximate surface area is 148 Å². The molecule has 2 aromatic rings. The molecular formula is C19H26N4O2. The molecule has 6 nitrogen and oxygen atoms in total. The SMILES string of the molecule is Cc1onc(-c2ccccn2)c1C(=O)NCCCN1CCCCC1C. The first-order chi connectivity index (χ1) is 12.2. The Balaban J connectivity index is 1.56. The van der Waals surface area contributed by atoms with Crippen LogP contribution in [0.2, 0.25) is 0 Å². The van der Waals surface area contributed by atoms with Gasteiger partial charge in [0.05, 0.1) is 5.69 Å². The summed E-state index contributed by atoms with van der Waals surface area (Å²) in [5, 5.41) is 7.01. The maximum absolute atomic E-state index is 12.6. The number of aryl methyl sites for hydroxylation is 1. The second kappa shape index (κ2) is 8.25. The lowest BCUT2D eigenvalue weighted by atomic mass is 10.0. The molecule has 6 heteroatoms. The summed E-state index contributed by atoms with van der Waals surface area (Å²) >= 11 is 0. The second-order valence-electron chi connectivity index (χ2n) is 6.67. The zero-order chi connectivity index (χ0) is 17.6. The summed E-state index contributed by atoms with van der Waals surface area (Å²) in [6, 6.07) is 6.18. The van der Waals surface area contributed by atoms with Gasteiger partial charge in [0.1, 0.15) is 17.0 Å². The first-order valence-electron chi connectivity index (χ1n) is 9.06. The van der Waals surface area contributed by atoms with Crippen LogP contribution in [-0.4, -0.2) is 46.6 Å². The molecular weight excluding hydrogens is 316 g/mol. The maximum Gasteiger partial charge on any atom is 0.257 e. The predicted molar refractivity (Wildman–Crippen MR) is 96.3 cm³/mol. The van der Waals surface area contributed by atoms with Gasteiger partial charge in [-0.05, 0) is 51.8 Å². The largest absolute Gasteiger partial charge is 0.360 e. The number of hydrogen-bond acceptors (Lipinski definition) is 5. The molecule has 1 N–H and O–H groups in total. The van der Waals surface area contributed by atoms with Gasteiger partial charge in [-0.25, -0.2) is 0 Å². The Bertz CT molecular complexity index is 699. The van der Waals surface area contributed by atoms with Crippen LogP contribution in [0.25, 0.3) is 11.4 Å². The van der Waals surface area contributed by atoms with Crippen molar-refractivity contribution in [1.29, 1.82) is 0 Å². The monoisotopic (exact) mass is 342 g/mol. The highest BCUT2D eigenvalue weighted by atomic mass is 16.5. The van der Waals surface area contributed by atoms with Gasteiger partial charge in [-0.1, -0.05) is 17.6 Å². The van der Waals surface area contributed by atoms with E-state index >= 15 is 0 Å². The summed E-state index contributed by atoms with van der Waals surface area (Å²) in [4.78, 5) is 19.4. The van der Waals surface area contributed by atoms with Crippen molar-refractivity contribution in [3.05, 3.63) is 35.7 Å². The first-order valence-corrected chi connectivity index (χ1v) is 9.06. The van der Waals surface area contributed by atoms with Gasteiger partial charge in [0.25, 0.3) is 5.91 Å². The Kier molecular flexibility index (Phi) is 5.81. The van der Waals surface area contributed by atoms with Crippen molar-refractivity contribution in [2.75, 3.05) is 19.6 Å². The molecule has 1 amide bonds. The summed E-state index contributed by atoms with van der Waals surface area (Å²) in [7, 11) is 0. The first kappa shape index (κ1) is 17.6. The summed E-state index contributed by atoms with van der Waals surface area (Å²) in [5.41, 5.74) is 1.62. The van der Waals surface area contributed by atoms with Crippen molar-refractivity contribution >= 4 is 5.91 Å². The second-order valence-corrected chi connectivity index (χ2v) is 6.67. The fraction of sp³-hybridized carbons (Fsp3) is 0.526. The van der Waals surface area contributed by atoms with Gasteiger partial charge in [0.15, 0.2) is 0 Å². The third-order valence-electron chi connectivity index (χ3n) is 4.85. The van der Waals surface area contributed by atoms with Crippen LogP contribution in [0.4, 0.5) is 0 Å². The molecule has 3 heterocycles. The van der Waals surface area contributed by atoms with E-state index in [0.29, 0.717) is 35.3 Å². The number of nitrogens with one attached hydrogen (secondary N) is 1. The van der Waals surface area contributed by atoms with Crippen molar-refractivity contribution in [3.63, 3.8) is 0 Å². The molecule has 0 radical (unpaired) electrons. The quantitative estimate of drug-likeness (QED) is 0.817. The van der Waals surface area contributed by atoms with Gasteiger partial charge in [0.2, 0.25) is 0 Å². The molecule has 1 saturated heterocycles. The fourth-order valence-corrected chi connectivity index (χ4v) is 3.38. The van der Waals surface area contributed by atoms with E-state index in [2.05, 4.69) is 27.3 Å². The molecule has 0 aromatic carbocycles. The topological polar surface area (TPSA) is 71.3 Å². The minimum absolute atomic E-state index is 0.147. The van der Waals surface area contributed by atoms with Crippen molar-refractivity contribution in [3.8, 4) is 11.4 Å². The third kappa shape index (κ3) is 4.25. The van der Waals surface area contributed by atoms with E-state index in [9.17, 15) is 4.79 Å². The summed E-state index contributed by atoms with van der Waals surface area (Å²) in [6.07, 6.45) is 6.52. The van der Waals surface area contributed by atoms with Crippen molar-refractivity contribution in [1.82, 2.24) is 20.4 Å². The summed E-state index contributed by atoms with van der Waals surface area (Å²) in [6.45, 7) is 6.89. The number of rotatable bonds is 6. The zero-order valence-electron chi connectivity index (χ0n) is 15.0. The molecule has 0 saturated carbocycles. The normalized spacial score (nSPS) is 18.2. The fourth-order valence-electron chi connectivity index (χ4n) is 3.38. The maximum atomic E-state index is 12.6. The number of pyridine rings is 1. The summed E-state index contributed by atoms with van der Waals surface area (Å²) in [5.74, 6) is 0.369. The van der Waals surface area contributed by atoms with Crippen molar-refractivity contribution in [2.45, 2.75) is 45.6 Å². The van der Waals surface area contributed by atoms with Gasteiger partial charge in [-0.2, -0.15) is 0 Å². The smallest absolute Gasteiger partial charge is 0.257 e. The Morgan fingerprint density at radius 2 is 2.28 bits per heavy atom. The lowest BCUT2D eigenvalue weighted by Gasteiger charge is -2.33. The van der Waals surface area contributed by atoms with Crippen LogP contribution < -0.4 is 5.32 Å². The number of piperidine rings is 1. The molecule has 0 bridgehead atoms. The molecule has 1 aliphatic heterocycles. The number of amides is 1. The molecule has 1 fully saturated rings. The van der Waals surface area contributed by atoms with Crippen molar-refractivity contribution in [2.24, 2.45) is 0 Å². The van der Waals surface area contributed by atoms with Gasteiger partial charge < -0.3 is 14.7 Å². The van der Waals surface area contributed by atoms with Crippen LogP contribution >= 0.6 is 0 Å². The minimum atomic E-state index is -0.147. The lowest BCUT2D eigenvalue weighted by molar-refractivity contribution is 0.0948. The van der Waals surface area contributed by atoms with E-state index in [-0.39, 0.29) is 5.91 Å². The number of carbonyl (C=O) groups is 1. The lowest BCUT2D eigenvalue weighted by Crippen LogP contribution is -2.39. The zero-order valence-corrected chi connectivity index (χ0v) is 15.0. The average Bonchev–Trinajstić information content (AvgIpc) is 3.02. The van der Waals surface area contributed by atoms with E-state index in [4.69, 9.17) is 4.52 Å². The highest BCUT2D eigenvalue weighted by Gasteiger charge is 2.22. The third-order valence-corrected chi connectivity index (χ3v) is 4.85. The molecule has 1 atom stereocenters. The Morgan fingerprint density at radius 1 is 1.40 bits per heavy atom. The van der Waals surface area contributed by atoms with Crippen LogP contribution in [0.15, 0.2) is 28.9 Å². The highest BCUT2D eigenvalue weighted by Crippen LogP contribution is 2.23. The molecule has 25 heavy (non-hydrogen) atoms. The Hall–Kier alpha value is -2.21. The van der Waals surface area contributed by atoms with E-state index in [1.54, 1.807) is 13.1 Å². The van der Waals surface area contributed by atoms with E-state index in [1.165, 1.54) is 25.8 Å². The Morgan fingerprint density at radius 3 is 3.04 bits per heavy atom. The standard InChI is InChI=1S/C19H26N4O2/c1-14-8-4-6-12-23(14)13-7-11-21-19(24)17-15(2)25-22-18(17)16-9-3-5-10-20-16/h3,5,9-10,14H,4,6-8,11-13H2,1-2H3,(H,21,24). The molecule has 0 aliphatic carbocycles. The van der Waals surface area contributed by atoms with Crippen LogP contribution in [0.3, 0.4) is 0 Å². The highest BCUT2D eigenvalue weighted by molar-refractivity contribution is 6.00. The number of nitrogens with zero attached hydrogens (tertiary/aromatic N) is 3. The van der Waals surface area contributed by atoms with Crippen LogP contribution in [0.5, 0.6) is 0 Å². The predicted octanol–water partition coefficient (Wildman–Crippen LogP) is 3.04. The molecule has 3 rings (SSSR count). The van der Waals surface area contributed by atoms with Gasteiger partial charge in [-0.15, -0.1) is 0 Å². The van der Waals surface area contributed by atoms with Crippen molar-refractivity contribution < 1.29 is 9.32 Å².